The molecule has 0 spiro atoms. The van der Waals surface area contributed by atoms with Gasteiger partial charge in [0.15, 0.2) is 0 Å². The van der Waals surface area contributed by atoms with Crippen molar-refractivity contribution < 1.29 is 0 Å². The Morgan fingerprint density at radius 1 is 1.06 bits per heavy atom. The number of benzene rings is 1. The molecule has 1 atom stereocenters. The molecule has 0 saturated heterocycles. The maximum atomic E-state index is 6.24. The quantitative estimate of drug-likeness (QED) is 0.892. The first-order valence-corrected chi connectivity index (χ1v) is 6.36. The fraction of sp³-hybridized carbons (Fsp3) is 0.312. The molecule has 2 rings (SSSR count). The minimum Gasteiger partial charge on any atom is -0.327 e. The second kappa shape index (κ2) is 5.78. The van der Waals surface area contributed by atoms with Crippen molar-refractivity contribution in [2.75, 3.05) is 0 Å². The lowest BCUT2D eigenvalue weighted by atomic mass is 9.96. The van der Waals surface area contributed by atoms with E-state index in [1.165, 1.54) is 22.3 Å². The summed E-state index contributed by atoms with van der Waals surface area (Å²) in [5.41, 5.74) is 11.5. The minimum absolute atomic E-state index is 0.160. The van der Waals surface area contributed by atoms with Crippen LogP contribution in [0, 0.1) is 13.8 Å². The van der Waals surface area contributed by atoms with E-state index in [4.69, 9.17) is 5.73 Å². The fourth-order valence-corrected chi connectivity index (χ4v) is 2.20. The molecule has 0 aliphatic rings. The second-order valence-electron chi connectivity index (χ2n) is 4.95. The molecule has 2 aromatic rings. The van der Waals surface area contributed by atoms with Gasteiger partial charge in [-0.1, -0.05) is 23.8 Å². The van der Waals surface area contributed by atoms with Crippen LogP contribution in [0.3, 0.4) is 0 Å². The molecule has 0 radical (unpaired) electrons. The Labute approximate surface area is 109 Å². The van der Waals surface area contributed by atoms with Gasteiger partial charge < -0.3 is 5.73 Å². The van der Waals surface area contributed by atoms with Crippen molar-refractivity contribution in [1.29, 1.82) is 0 Å². The van der Waals surface area contributed by atoms with Crippen LogP contribution in [0.4, 0.5) is 0 Å². The molecule has 2 nitrogen and oxygen atoms in total. The van der Waals surface area contributed by atoms with Crippen LogP contribution in [0.5, 0.6) is 0 Å². The summed E-state index contributed by atoms with van der Waals surface area (Å²) in [6, 6.07) is 10.8. The van der Waals surface area contributed by atoms with Crippen LogP contribution in [0.15, 0.2) is 42.7 Å². The van der Waals surface area contributed by atoms with Gasteiger partial charge in [-0.25, -0.2) is 0 Å². The molecule has 18 heavy (non-hydrogen) atoms. The van der Waals surface area contributed by atoms with Gasteiger partial charge in [0.25, 0.3) is 0 Å². The fourth-order valence-electron chi connectivity index (χ4n) is 2.20. The van der Waals surface area contributed by atoms with Gasteiger partial charge in [-0.3, -0.25) is 4.98 Å². The van der Waals surface area contributed by atoms with E-state index < -0.39 is 0 Å². The average molecular weight is 240 g/mol. The smallest absolute Gasteiger partial charge is 0.0270 e. The van der Waals surface area contributed by atoms with Gasteiger partial charge in [0.2, 0.25) is 0 Å². The highest BCUT2D eigenvalue weighted by molar-refractivity contribution is 5.31. The van der Waals surface area contributed by atoms with Crippen molar-refractivity contribution in [3.8, 4) is 0 Å². The Hall–Kier alpha value is -1.67. The Kier molecular flexibility index (Phi) is 4.11. The molecule has 0 amide bonds. The number of hydrogen-bond acceptors (Lipinski definition) is 2. The largest absolute Gasteiger partial charge is 0.327 e. The second-order valence-corrected chi connectivity index (χ2v) is 4.95. The predicted molar refractivity (Wildman–Crippen MR) is 75.5 cm³/mol. The van der Waals surface area contributed by atoms with Crippen LogP contribution in [-0.4, -0.2) is 11.0 Å². The molecule has 2 heteroatoms. The number of rotatable bonds is 4. The van der Waals surface area contributed by atoms with Crippen LogP contribution >= 0.6 is 0 Å². The van der Waals surface area contributed by atoms with Crippen molar-refractivity contribution >= 4 is 0 Å². The molecule has 2 N–H and O–H groups in total. The third-order valence-electron chi connectivity index (χ3n) is 3.23. The summed E-state index contributed by atoms with van der Waals surface area (Å²) in [4.78, 5) is 4.02. The lowest BCUT2D eigenvalue weighted by Crippen LogP contribution is -2.25. The van der Waals surface area contributed by atoms with E-state index >= 15 is 0 Å². The summed E-state index contributed by atoms with van der Waals surface area (Å²) in [5.74, 6) is 0. The number of hydrogen-bond donors (Lipinski definition) is 1. The summed E-state index contributed by atoms with van der Waals surface area (Å²) in [7, 11) is 0. The molecule has 0 aliphatic heterocycles. The zero-order chi connectivity index (χ0) is 13.0. The van der Waals surface area contributed by atoms with Crippen molar-refractivity contribution in [1.82, 2.24) is 4.98 Å². The van der Waals surface area contributed by atoms with E-state index in [-0.39, 0.29) is 6.04 Å². The van der Waals surface area contributed by atoms with Gasteiger partial charge in [-0.2, -0.15) is 0 Å². The molecule has 1 aromatic carbocycles. The lowest BCUT2D eigenvalue weighted by Gasteiger charge is -2.14. The van der Waals surface area contributed by atoms with Crippen LogP contribution in [0.2, 0.25) is 0 Å². The van der Waals surface area contributed by atoms with E-state index in [0.29, 0.717) is 0 Å². The highest BCUT2D eigenvalue weighted by Crippen LogP contribution is 2.14. The number of pyridine rings is 1. The maximum Gasteiger partial charge on any atom is 0.0270 e. The number of aromatic nitrogens is 1. The van der Waals surface area contributed by atoms with Crippen LogP contribution in [-0.2, 0) is 12.8 Å². The molecule has 94 valence electrons. The van der Waals surface area contributed by atoms with E-state index in [9.17, 15) is 0 Å². The van der Waals surface area contributed by atoms with Crippen LogP contribution in [0.1, 0.15) is 22.3 Å². The zero-order valence-electron chi connectivity index (χ0n) is 11.1. The molecular formula is C16H20N2. The highest BCUT2D eigenvalue weighted by atomic mass is 14.6. The van der Waals surface area contributed by atoms with Crippen molar-refractivity contribution in [3.63, 3.8) is 0 Å². The standard InChI is InChI=1S/C16H20N2/c1-12-3-4-13(2)15(9-12)11-16(17)10-14-5-7-18-8-6-14/h3-9,16H,10-11,17H2,1-2H3. The zero-order valence-corrected chi connectivity index (χ0v) is 11.1. The summed E-state index contributed by atoms with van der Waals surface area (Å²) in [6.07, 6.45) is 5.46. The van der Waals surface area contributed by atoms with Gasteiger partial charge in [0.05, 0.1) is 0 Å². The highest BCUT2D eigenvalue weighted by Gasteiger charge is 2.07. The molecule has 1 heterocycles. The molecule has 0 aliphatic carbocycles. The lowest BCUT2D eigenvalue weighted by molar-refractivity contribution is 0.662. The van der Waals surface area contributed by atoms with Crippen LogP contribution < -0.4 is 5.73 Å². The Bertz CT molecular complexity index is 506. The van der Waals surface area contributed by atoms with Gasteiger partial charge in [0.1, 0.15) is 0 Å². The first kappa shape index (κ1) is 12.8. The Morgan fingerprint density at radius 3 is 2.50 bits per heavy atom. The van der Waals surface area contributed by atoms with Crippen molar-refractivity contribution in [3.05, 3.63) is 65.0 Å². The summed E-state index contributed by atoms with van der Waals surface area (Å²) >= 11 is 0. The number of nitrogens with zero attached hydrogens (tertiary/aromatic N) is 1. The molecule has 1 aromatic heterocycles. The van der Waals surface area contributed by atoms with E-state index in [2.05, 4.69) is 37.0 Å². The van der Waals surface area contributed by atoms with Gasteiger partial charge in [0, 0.05) is 18.4 Å². The summed E-state index contributed by atoms with van der Waals surface area (Å²) < 4.78 is 0. The molecular weight excluding hydrogens is 220 g/mol. The molecule has 0 fully saturated rings. The monoisotopic (exact) mass is 240 g/mol. The predicted octanol–water partition coefficient (Wildman–Crippen LogP) is 2.81. The summed E-state index contributed by atoms with van der Waals surface area (Å²) in [5, 5.41) is 0. The Morgan fingerprint density at radius 2 is 1.78 bits per heavy atom. The van der Waals surface area contributed by atoms with Crippen molar-refractivity contribution in [2.45, 2.75) is 32.7 Å². The first-order chi connectivity index (χ1) is 8.65. The summed E-state index contributed by atoms with van der Waals surface area (Å²) in [6.45, 7) is 4.27. The maximum absolute atomic E-state index is 6.24. The number of nitrogens with two attached hydrogens (primary N) is 1. The molecule has 0 saturated carbocycles. The van der Waals surface area contributed by atoms with Crippen LogP contribution in [0.25, 0.3) is 0 Å². The molecule has 0 bridgehead atoms. The van der Waals surface area contributed by atoms with Crippen molar-refractivity contribution in [2.24, 2.45) is 5.73 Å². The third kappa shape index (κ3) is 3.41. The number of aryl methyl sites for hydroxylation is 2. The van der Waals surface area contributed by atoms with E-state index in [0.717, 1.165) is 12.8 Å². The normalized spacial score (nSPS) is 12.4. The van der Waals surface area contributed by atoms with E-state index in [1.54, 1.807) is 0 Å². The van der Waals surface area contributed by atoms with Gasteiger partial charge >= 0.3 is 0 Å². The topological polar surface area (TPSA) is 38.9 Å². The Balaban J connectivity index is 2.03. The average Bonchev–Trinajstić information content (AvgIpc) is 2.35. The first-order valence-electron chi connectivity index (χ1n) is 6.36. The minimum atomic E-state index is 0.160. The van der Waals surface area contributed by atoms with Gasteiger partial charge in [-0.15, -0.1) is 0 Å². The third-order valence-corrected chi connectivity index (χ3v) is 3.23. The molecule has 1 unspecified atom stereocenters. The van der Waals surface area contributed by atoms with E-state index in [1.807, 2.05) is 24.5 Å². The van der Waals surface area contributed by atoms with Gasteiger partial charge in [-0.05, 0) is 55.5 Å². The SMILES string of the molecule is Cc1ccc(C)c(CC(N)Cc2ccncc2)c1.